The molecule has 1 atom stereocenters. The van der Waals surface area contributed by atoms with E-state index in [2.05, 4.69) is 47.8 Å². The molecular formula is C11H6Br3ClOS. The standard InChI is InChI=1S/C11H6Br3ClOS/c12-5-1-2-8(15)6(3-5)10(16)9-4-7(13)11(14)17-9/h1-4,10,16H. The summed E-state index contributed by atoms with van der Waals surface area (Å²) < 4.78 is 2.78. The topological polar surface area (TPSA) is 20.2 Å². The molecule has 0 aliphatic carbocycles. The predicted molar refractivity (Wildman–Crippen MR) is 82.9 cm³/mol. The van der Waals surface area contributed by atoms with Gasteiger partial charge >= 0.3 is 0 Å². The molecule has 1 heterocycles. The van der Waals surface area contributed by atoms with E-state index >= 15 is 0 Å². The van der Waals surface area contributed by atoms with Gasteiger partial charge in [-0.2, -0.15) is 0 Å². The molecule has 2 rings (SSSR count). The van der Waals surface area contributed by atoms with E-state index in [-0.39, 0.29) is 0 Å². The first kappa shape index (κ1) is 14.0. The molecule has 0 saturated heterocycles. The van der Waals surface area contributed by atoms with Crippen LogP contribution < -0.4 is 0 Å². The Balaban J connectivity index is 2.42. The molecule has 1 aromatic heterocycles. The van der Waals surface area contributed by atoms with Gasteiger partial charge in [0.25, 0.3) is 0 Å². The molecule has 2 aromatic rings. The van der Waals surface area contributed by atoms with E-state index in [4.69, 9.17) is 11.6 Å². The smallest absolute Gasteiger partial charge is 0.115 e. The lowest BCUT2D eigenvalue weighted by atomic mass is 10.1. The molecule has 0 amide bonds. The van der Waals surface area contributed by atoms with Crippen LogP contribution >= 0.6 is 70.7 Å². The van der Waals surface area contributed by atoms with Crippen molar-refractivity contribution in [2.24, 2.45) is 0 Å². The molecule has 0 radical (unpaired) electrons. The Morgan fingerprint density at radius 2 is 1.88 bits per heavy atom. The zero-order valence-electron chi connectivity index (χ0n) is 8.25. The van der Waals surface area contributed by atoms with Crippen LogP contribution in [0.1, 0.15) is 16.5 Å². The van der Waals surface area contributed by atoms with Crippen LogP contribution in [-0.4, -0.2) is 5.11 Å². The maximum Gasteiger partial charge on any atom is 0.115 e. The third kappa shape index (κ3) is 3.14. The minimum atomic E-state index is -0.715. The molecule has 0 aliphatic rings. The molecule has 1 unspecified atom stereocenters. The molecule has 1 aromatic carbocycles. The number of aliphatic hydroxyl groups is 1. The molecule has 6 heteroatoms. The van der Waals surface area contributed by atoms with Crippen LogP contribution in [0.25, 0.3) is 0 Å². The fraction of sp³-hybridized carbons (Fsp3) is 0.0909. The van der Waals surface area contributed by atoms with Crippen LogP contribution in [0.5, 0.6) is 0 Å². The van der Waals surface area contributed by atoms with Crippen molar-refractivity contribution in [2.75, 3.05) is 0 Å². The highest BCUT2D eigenvalue weighted by atomic mass is 79.9. The number of halogens is 4. The Morgan fingerprint density at radius 1 is 1.18 bits per heavy atom. The quantitative estimate of drug-likeness (QED) is 0.602. The molecule has 0 bridgehead atoms. The molecular weight excluding hydrogens is 455 g/mol. The van der Waals surface area contributed by atoms with Gasteiger partial charge in [0.2, 0.25) is 0 Å². The SMILES string of the molecule is OC(c1cc(Br)c(Br)s1)c1cc(Br)ccc1Cl. The van der Waals surface area contributed by atoms with E-state index in [0.717, 1.165) is 17.6 Å². The average molecular weight is 461 g/mol. The van der Waals surface area contributed by atoms with Gasteiger partial charge in [-0.05, 0) is 56.1 Å². The lowest BCUT2D eigenvalue weighted by Crippen LogP contribution is -1.97. The van der Waals surface area contributed by atoms with Gasteiger partial charge in [-0.3, -0.25) is 0 Å². The first-order chi connectivity index (χ1) is 7.99. The van der Waals surface area contributed by atoms with E-state index in [1.54, 1.807) is 6.07 Å². The highest BCUT2D eigenvalue weighted by molar-refractivity contribution is 9.13. The monoisotopic (exact) mass is 458 g/mol. The zero-order chi connectivity index (χ0) is 12.6. The Morgan fingerprint density at radius 3 is 2.47 bits per heavy atom. The van der Waals surface area contributed by atoms with Gasteiger partial charge in [0.1, 0.15) is 6.10 Å². The second-order valence-corrected chi connectivity index (χ2v) is 7.92. The second kappa shape index (κ2) is 5.72. The van der Waals surface area contributed by atoms with Crippen molar-refractivity contribution < 1.29 is 5.11 Å². The second-order valence-electron chi connectivity index (χ2n) is 3.34. The third-order valence-electron chi connectivity index (χ3n) is 2.19. The zero-order valence-corrected chi connectivity index (χ0v) is 14.6. The normalized spacial score (nSPS) is 12.8. The van der Waals surface area contributed by atoms with E-state index in [1.165, 1.54) is 11.3 Å². The molecule has 0 aliphatic heterocycles. The third-order valence-corrected chi connectivity index (χ3v) is 6.33. The molecule has 0 fully saturated rings. The van der Waals surface area contributed by atoms with Gasteiger partial charge in [0, 0.05) is 24.4 Å². The van der Waals surface area contributed by atoms with Crippen LogP contribution in [-0.2, 0) is 0 Å². The van der Waals surface area contributed by atoms with Gasteiger partial charge in [0.05, 0.1) is 3.79 Å². The number of thiophene rings is 1. The van der Waals surface area contributed by atoms with E-state index in [0.29, 0.717) is 10.6 Å². The first-order valence-corrected chi connectivity index (χ1v) is 8.14. The lowest BCUT2D eigenvalue weighted by Gasteiger charge is -2.11. The van der Waals surface area contributed by atoms with Crippen LogP contribution in [0.3, 0.4) is 0 Å². The summed E-state index contributed by atoms with van der Waals surface area (Å²) in [6.07, 6.45) is -0.715. The number of rotatable bonds is 2. The number of hydrogen-bond acceptors (Lipinski definition) is 2. The largest absolute Gasteiger partial charge is 0.383 e. The fourth-order valence-electron chi connectivity index (χ4n) is 1.38. The maximum absolute atomic E-state index is 10.3. The summed E-state index contributed by atoms with van der Waals surface area (Å²) in [7, 11) is 0. The summed E-state index contributed by atoms with van der Waals surface area (Å²) in [5.74, 6) is 0. The molecule has 0 saturated carbocycles. The summed E-state index contributed by atoms with van der Waals surface area (Å²) in [5, 5.41) is 10.9. The number of aliphatic hydroxyl groups excluding tert-OH is 1. The van der Waals surface area contributed by atoms with Crippen molar-refractivity contribution in [3.05, 3.63) is 52.5 Å². The summed E-state index contributed by atoms with van der Waals surface area (Å²) in [4.78, 5) is 0.837. The van der Waals surface area contributed by atoms with Crippen molar-refractivity contribution in [1.29, 1.82) is 0 Å². The van der Waals surface area contributed by atoms with Gasteiger partial charge in [-0.1, -0.05) is 27.5 Å². The van der Waals surface area contributed by atoms with Crippen LogP contribution in [0.4, 0.5) is 0 Å². The van der Waals surface area contributed by atoms with Crippen molar-refractivity contribution in [3.63, 3.8) is 0 Å². The molecule has 90 valence electrons. The Kier molecular flexibility index (Phi) is 4.72. The predicted octanol–water partition coefficient (Wildman–Crippen LogP) is 5.77. The van der Waals surface area contributed by atoms with Gasteiger partial charge in [-0.15, -0.1) is 11.3 Å². The van der Waals surface area contributed by atoms with Crippen molar-refractivity contribution in [3.8, 4) is 0 Å². The summed E-state index contributed by atoms with van der Waals surface area (Å²) >= 11 is 17.7. The van der Waals surface area contributed by atoms with Crippen LogP contribution in [0, 0.1) is 0 Å². The van der Waals surface area contributed by atoms with Crippen LogP contribution in [0.2, 0.25) is 5.02 Å². The van der Waals surface area contributed by atoms with Gasteiger partial charge in [-0.25, -0.2) is 0 Å². The Bertz CT molecular complexity index is 536. The molecule has 1 nitrogen and oxygen atoms in total. The van der Waals surface area contributed by atoms with E-state index in [9.17, 15) is 5.11 Å². The lowest BCUT2D eigenvalue weighted by molar-refractivity contribution is 0.224. The Hall–Kier alpha value is 0.610. The summed E-state index contributed by atoms with van der Waals surface area (Å²) in [6, 6.07) is 7.33. The van der Waals surface area contributed by atoms with Gasteiger partial charge < -0.3 is 5.11 Å². The molecule has 0 spiro atoms. The summed E-state index contributed by atoms with van der Waals surface area (Å²) in [6.45, 7) is 0. The highest BCUT2D eigenvalue weighted by Crippen LogP contribution is 2.39. The highest BCUT2D eigenvalue weighted by Gasteiger charge is 2.17. The average Bonchev–Trinajstić information content (AvgIpc) is 2.62. The number of benzene rings is 1. The number of hydrogen-bond donors (Lipinski definition) is 1. The minimum Gasteiger partial charge on any atom is -0.383 e. The van der Waals surface area contributed by atoms with E-state index in [1.807, 2.05) is 18.2 Å². The van der Waals surface area contributed by atoms with Crippen LogP contribution in [0.15, 0.2) is 37.0 Å². The van der Waals surface area contributed by atoms with Crippen molar-refractivity contribution in [1.82, 2.24) is 0 Å². The molecule has 17 heavy (non-hydrogen) atoms. The fourth-order valence-corrected chi connectivity index (χ4v) is 4.07. The summed E-state index contributed by atoms with van der Waals surface area (Å²) in [5.41, 5.74) is 0.697. The molecule has 1 N–H and O–H groups in total. The minimum absolute atomic E-state index is 0.557. The van der Waals surface area contributed by atoms with Crippen molar-refractivity contribution in [2.45, 2.75) is 6.10 Å². The maximum atomic E-state index is 10.3. The van der Waals surface area contributed by atoms with Crippen molar-refractivity contribution >= 4 is 70.7 Å². The first-order valence-electron chi connectivity index (χ1n) is 4.57. The Labute approximate surface area is 133 Å². The van der Waals surface area contributed by atoms with Gasteiger partial charge in [0.15, 0.2) is 0 Å². The van der Waals surface area contributed by atoms with E-state index < -0.39 is 6.10 Å².